The number of nitrogens with zero attached hydrogens (tertiary/aromatic N) is 5. The van der Waals surface area contributed by atoms with Gasteiger partial charge in [0.2, 0.25) is 0 Å². The molecule has 0 bridgehead atoms. The second-order valence-electron chi connectivity index (χ2n) is 16.0. The molecule has 0 saturated carbocycles. The van der Waals surface area contributed by atoms with Crippen LogP contribution in [0.15, 0.2) is 225 Å². The monoisotopic (exact) mass is 1030 g/mol. The van der Waals surface area contributed by atoms with Gasteiger partial charge in [-0.15, -0.1) is 0 Å². The molecule has 0 amide bonds. The number of ether oxygens (including phenoxy) is 1. The molecule has 0 aliphatic carbocycles. The van der Waals surface area contributed by atoms with E-state index in [-0.39, 0.29) is 0 Å². The summed E-state index contributed by atoms with van der Waals surface area (Å²) in [5.41, 5.74) is 14.8. The molecule has 0 unspecified atom stereocenters. The second kappa shape index (κ2) is 16.7. The topological polar surface area (TPSA) is 49.8 Å². The van der Waals surface area contributed by atoms with Gasteiger partial charge in [0.15, 0.2) is 0 Å². The van der Waals surface area contributed by atoms with Gasteiger partial charge in [0.05, 0.1) is 0 Å². The van der Waals surface area contributed by atoms with Gasteiger partial charge in [-0.2, -0.15) is 0 Å². The summed E-state index contributed by atoms with van der Waals surface area (Å²) in [7, 11) is 0. The molecule has 6 nitrogen and oxygen atoms in total. The van der Waals surface area contributed by atoms with Crippen molar-refractivity contribution in [2.24, 2.45) is 0 Å². The van der Waals surface area contributed by atoms with Gasteiger partial charge in [0.1, 0.15) is 0 Å². The zero-order chi connectivity index (χ0) is 44.0. The minimum atomic E-state index is 0.572. The molecule has 66 heavy (non-hydrogen) atoms. The van der Waals surface area contributed by atoms with Gasteiger partial charge in [-0.25, -0.2) is 0 Å². The number of aromatic nitrogens is 5. The van der Waals surface area contributed by atoms with Gasteiger partial charge in [-0.3, -0.25) is 4.98 Å². The van der Waals surface area contributed by atoms with E-state index in [1.807, 2.05) is 55.0 Å². The van der Waals surface area contributed by atoms with Crippen molar-refractivity contribution in [1.82, 2.24) is 23.7 Å². The number of rotatable bonds is 9. The van der Waals surface area contributed by atoms with Crippen molar-refractivity contribution < 1.29 is 24.1 Å². The Kier molecular flexibility index (Phi) is 10.00. The Morgan fingerprint density at radius 3 is 1.67 bits per heavy atom. The quantitative estimate of drug-likeness (QED) is 0.135. The number of pyridine rings is 2. The average molecular weight is 1030 g/mol. The Balaban J connectivity index is 0.978. The predicted octanol–water partition coefficient (Wildman–Crippen LogP) is 14.4. The predicted molar refractivity (Wildman–Crippen MR) is 262 cm³/mol. The van der Waals surface area contributed by atoms with Crippen LogP contribution < -0.4 is 4.74 Å². The third kappa shape index (κ3) is 6.91. The summed E-state index contributed by atoms with van der Waals surface area (Å²) >= 11 is 2.47. The fourth-order valence-corrected chi connectivity index (χ4v) is 10.2. The van der Waals surface area contributed by atoms with E-state index in [2.05, 4.69) is 220 Å². The summed E-state index contributed by atoms with van der Waals surface area (Å²) in [5, 5.41) is 2.16. The molecule has 316 valence electrons. The number of fused-ring (bicyclic) bond motifs is 4. The third-order valence-corrected chi connectivity index (χ3v) is 13.1. The fourth-order valence-electron chi connectivity index (χ4n) is 9.14. The number of hydrogen-bond acceptors (Lipinski definition) is 3. The molecule has 0 N–H and O–H groups in total. The normalized spacial score (nSPS) is 11.4. The van der Waals surface area contributed by atoms with Gasteiger partial charge in [-0.05, 0) is 28.8 Å². The van der Waals surface area contributed by atoms with E-state index in [1.165, 1.54) is 0 Å². The van der Waals surface area contributed by atoms with Crippen molar-refractivity contribution >= 4 is 32.8 Å². The van der Waals surface area contributed by atoms with Crippen LogP contribution in [0.5, 0.6) is 11.5 Å². The Labute approximate surface area is 392 Å². The van der Waals surface area contributed by atoms with Crippen LogP contribution in [-0.4, -0.2) is 23.7 Å². The Morgan fingerprint density at radius 1 is 0.424 bits per heavy atom. The van der Waals surface area contributed by atoms with Gasteiger partial charge < -0.3 is 0 Å². The minimum absolute atomic E-state index is 0.572. The Morgan fingerprint density at radius 2 is 0.985 bits per heavy atom. The Bertz CT molecular complexity index is 3750. The second-order valence-corrected chi connectivity index (χ2v) is 17.0. The molecule has 0 fully saturated rings. The van der Waals surface area contributed by atoms with E-state index in [0.717, 1.165) is 98.3 Å². The van der Waals surface area contributed by atoms with Crippen LogP contribution in [0.4, 0.5) is 0 Å². The first-order valence-corrected chi connectivity index (χ1v) is 22.9. The SMILES string of the molecule is [Pt]=[c]1n(-c2[c-]c(Oc3[c-]c4c(cc3)c3ccccc3n4-c3cc(-c4ccccc4)c(-c4ccncc4)cn3)ccc2)c2ccccc2n1-c1c(-c2ccccc2)cccc1-c1ccccc1. The average Bonchev–Trinajstić information content (AvgIpc) is 3.87. The van der Waals surface area contributed by atoms with Crippen LogP contribution in [0.3, 0.4) is 0 Å². The van der Waals surface area contributed by atoms with E-state index in [4.69, 9.17) is 9.72 Å². The molecule has 12 aromatic rings. The molecule has 12 rings (SSSR count). The van der Waals surface area contributed by atoms with E-state index in [1.54, 1.807) is 0 Å². The molecule has 0 saturated heterocycles. The first kappa shape index (κ1) is 39.4. The number of hydrogen-bond donors (Lipinski definition) is 0. The van der Waals surface area contributed by atoms with Gasteiger partial charge in [0.25, 0.3) is 0 Å². The summed E-state index contributed by atoms with van der Waals surface area (Å²) in [6, 6.07) is 79.0. The first-order chi connectivity index (χ1) is 32.7. The van der Waals surface area contributed by atoms with Crippen molar-refractivity contribution in [2.45, 2.75) is 0 Å². The van der Waals surface area contributed by atoms with E-state index in [0.29, 0.717) is 11.5 Å². The Hall–Kier alpha value is -8.18. The molecule has 4 heterocycles. The zero-order valence-electron chi connectivity index (χ0n) is 35.3. The van der Waals surface area contributed by atoms with Gasteiger partial charge in [-0.1, -0.05) is 42.5 Å². The van der Waals surface area contributed by atoms with Crippen LogP contribution in [0.2, 0.25) is 0 Å². The first-order valence-electron chi connectivity index (χ1n) is 21.7. The van der Waals surface area contributed by atoms with E-state index < -0.39 is 0 Å². The van der Waals surface area contributed by atoms with E-state index in [9.17, 15) is 0 Å². The number of imidazole rings is 1. The molecule has 0 aliphatic heterocycles. The van der Waals surface area contributed by atoms with Crippen LogP contribution >= 0.6 is 0 Å². The zero-order valence-corrected chi connectivity index (χ0v) is 37.6. The molecular formula is C59H37N5OPt-2. The summed E-state index contributed by atoms with van der Waals surface area (Å²) in [4.78, 5) is 9.38. The molecule has 0 radical (unpaired) electrons. The van der Waals surface area contributed by atoms with Crippen molar-refractivity contribution in [3.8, 4) is 73.2 Å². The molecule has 4 aromatic heterocycles. The maximum atomic E-state index is 6.73. The number of para-hydroxylation sites is 4. The van der Waals surface area contributed by atoms with Crippen LogP contribution in [-0.2, 0) is 19.4 Å². The van der Waals surface area contributed by atoms with Crippen molar-refractivity contribution in [3.05, 3.63) is 241 Å². The molecular weight excluding hydrogens is 990 g/mol. The van der Waals surface area contributed by atoms with Crippen LogP contribution in [0.1, 0.15) is 0 Å². The molecule has 0 spiro atoms. The molecule has 7 heteroatoms. The summed E-state index contributed by atoms with van der Waals surface area (Å²) < 4.78 is 14.6. The summed E-state index contributed by atoms with van der Waals surface area (Å²) in [6.45, 7) is 0. The van der Waals surface area contributed by atoms with Crippen LogP contribution in [0, 0.1) is 15.9 Å². The van der Waals surface area contributed by atoms with Crippen molar-refractivity contribution in [3.63, 3.8) is 0 Å². The molecule has 0 atom stereocenters. The van der Waals surface area contributed by atoms with Crippen molar-refractivity contribution in [1.29, 1.82) is 0 Å². The maximum absolute atomic E-state index is 6.73. The van der Waals surface area contributed by atoms with Crippen LogP contribution in [0.25, 0.3) is 94.5 Å². The standard InChI is InChI=1S/C59H37N5O.Pt/c1-4-16-41(17-5-1)48-25-15-26-49(42-18-6-2-7-19-42)59(48)63-40-62(55-28-12-13-29-56(55)63)45-22-14-23-46(36-45)65-47-30-31-51-50-24-10-11-27-54(50)64(57(51)37-47)58-38-52(43-20-8-3-9-21-43)53(39-61-58)44-32-34-60-35-33-44;/h1-35,38-39H;/q-2;. The molecule has 8 aromatic carbocycles. The number of benzene rings is 8. The molecule has 0 aliphatic rings. The van der Waals surface area contributed by atoms with Crippen molar-refractivity contribution in [2.75, 3.05) is 0 Å². The fraction of sp³-hybridized carbons (Fsp3) is 0. The summed E-state index contributed by atoms with van der Waals surface area (Å²) in [5.74, 6) is 1.93. The van der Waals surface area contributed by atoms with Gasteiger partial charge >= 0.3 is 294 Å². The third-order valence-electron chi connectivity index (χ3n) is 12.1. The van der Waals surface area contributed by atoms with Gasteiger partial charge in [0, 0.05) is 24.2 Å². The van der Waals surface area contributed by atoms with E-state index >= 15 is 0 Å². The summed E-state index contributed by atoms with van der Waals surface area (Å²) in [6.07, 6.45) is 5.60.